The predicted octanol–water partition coefficient (Wildman–Crippen LogP) is 5.32. The van der Waals surface area contributed by atoms with E-state index in [4.69, 9.17) is 4.52 Å². The molecule has 0 fully saturated rings. The van der Waals surface area contributed by atoms with Crippen LogP contribution < -0.4 is 16.2 Å². The second kappa shape index (κ2) is 11.3. The molecule has 0 saturated carbocycles. The van der Waals surface area contributed by atoms with E-state index in [1.165, 1.54) is 0 Å². The van der Waals surface area contributed by atoms with Gasteiger partial charge in [0.2, 0.25) is 5.82 Å². The van der Waals surface area contributed by atoms with Crippen molar-refractivity contribution in [2.45, 2.75) is 25.9 Å². The molecule has 0 unspecified atom stereocenters. The molecule has 2 aromatic carbocycles. The van der Waals surface area contributed by atoms with Crippen LogP contribution in [-0.2, 0) is 7.05 Å². The van der Waals surface area contributed by atoms with Gasteiger partial charge in [-0.15, -0.1) is 0 Å². The molecule has 0 spiro atoms. The molecule has 6 rings (SSSR count). The monoisotopic (exact) mass is 562 g/mol. The Morgan fingerprint density at radius 3 is 2.55 bits per heavy atom. The molecule has 11 heteroatoms. The number of aliphatic hydroxyl groups is 1. The number of rotatable bonds is 9. The summed E-state index contributed by atoms with van der Waals surface area (Å²) in [7, 11) is 1.77. The molecule has 0 bridgehead atoms. The lowest BCUT2D eigenvalue weighted by molar-refractivity contribution is 0.276. The molecule has 6 aromatic rings. The second-order valence-corrected chi connectivity index (χ2v) is 10.2. The lowest BCUT2D eigenvalue weighted by atomic mass is 10.1. The summed E-state index contributed by atoms with van der Waals surface area (Å²) in [6.45, 7) is 3.94. The number of aliphatic hydroxyl groups excluding tert-OH is 1. The van der Waals surface area contributed by atoms with Crippen LogP contribution in [0.4, 0.5) is 17.2 Å². The fourth-order valence-corrected chi connectivity index (χ4v) is 5.06. The summed E-state index contributed by atoms with van der Waals surface area (Å²) in [5.41, 5.74) is 4.47. The molecule has 0 saturated heterocycles. The summed E-state index contributed by atoms with van der Waals surface area (Å²) in [6.07, 6.45) is 4.98. The van der Waals surface area contributed by atoms with Crippen molar-refractivity contribution in [1.29, 1.82) is 0 Å². The van der Waals surface area contributed by atoms with Crippen molar-refractivity contribution in [1.82, 2.24) is 29.5 Å². The highest BCUT2D eigenvalue weighted by molar-refractivity contribution is 5.84. The molecule has 212 valence electrons. The van der Waals surface area contributed by atoms with E-state index in [-0.39, 0.29) is 24.1 Å². The Bertz CT molecular complexity index is 1890. The van der Waals surface area contributed by atoms with E-state index in [1.807, 2.05) is 73.1 Å². The summed E-state index contributed by atoms with van der Waals surface area (Å²) in [4.78, 5) is 26.0. The molecular formula is C31H30N8O3. The van der Waals surface area contributed by atoms with Gasteiger partial charge < -0.3 is 20.3 Å². The fourth-order valence-electron chi connectivity index (χ4n) is 5.06. The predicted molar refractivity (Wildman–Crippen MR) is 161 cm³/mol. The van der Waals surface area contributed by atoms with Gasteiger partial charge in [-0.05, 0) is 49.7 Å². The third kappa shape index (κ3) is 5.13. The van der Waals surface area contributed by atoms with E-state index in [9.17, 15) is 9.90 Å². The van der Waals surface area contributed by atoms with Gasteiger partial charge in [0.05, 0.1) is 34.8 Å². The van der Waals surface area contributed by atoms with Crippen molar-refractivity contribution in [3.05, 3.63) is 101 Å². The maximum absolute atomic E-state index is 12.7. The zero-order valence-electron chi connectivity index (χ0n) is 23.4. The van der Waals surface area contributed by atoms with Gasteiger partial charge in [-0.2, -0.15) is 4.98 Å². The molecule has 0 aliphatic rings. The van der Waals surface area contributed by atoms with Gasteiger partial charge in [-0.1, -0.05) is 35.5 Å². The highest BCUT2D eigenvalue weighted by Gasteiger charge is 2.20. The summed E-state index contributed by atoms with van der Waals surface area (Å²) in [5, 5.41) is 21.9. The Hall–Kier alpha value is -5.29. The van der Waals surface area contributed by atoms with Crippen LogP contribution in [-0.4, -0.2) is 41.2 Å². The minimum Gasteiger partial charge on any atom is -0.394 e. The molecule has 11 nitrogen and oxygen atoms in total. The van der Waals surface area contributed by atoms with Gasteiger partial charge in [-0.25, -0.2) is 4.98 Å². The summed E-state index contributed by atoms with van der Waals surface area (Å²) in [5.74, 6) is 1.25. The number of anilines is 3. The van der Waals surface area contributed by atoms with E-state index in [2.05, 4.69) is 30.7 Å². The molecule has 42 heavy (non-hydrogen) atoms. The zero-order valence-corrected chi connectivity index (χ0v) is 23.4. The van der Waals surface area contributed by atoms with Crippen molar-refractivity contribution in [3.8, 4) is 22.8 Å². The first kappa shape index (κ1) is 26.9. The van der Waals surface area contributed by atoms with Gasteiger partial charge in [-0.3, -0.25) is 19.1 Å². The van der Waals surface area contributed by atoms with E-state index in [1.54, 1.807) is 42.5 Å². The van der Waals surface area contributed by atoms with Crippen molar-refractivity contribution in [2.75, 3.05) is 17.2 Å². The molecule has 0 aliphatic heterocycles. The lowest BCUT2D eigenvalue weighted by Gasteiger charge is -2.20. The molecule has 0 amide bonds. The van der Waals surface area contributed by atoms with Crippen LogP contribution in [0.15, 0.2) is 94.6 Å². The minimum absolute atomic E-state index is 0.0409. The van der Waals surface area contributed by atoms with Gasteiger partial charge in [0.25, 0.3) is 11.4 Å². The number of aromatic nitrogens is 6. The standard InChI is InChI=1S/C31H30N8O3/c1-19(2)39-27-15-22(9-10-23(27)31(41)38(39)3)34-28-16-25(35-26(18-40)20-7-5-4-6-8-20)24(17-33-28)30-36-29(37-42-30)21-11-13-32-14-12-21/h4-17,19,26,40H,18H2,1-3H3,(H2,33,34,35)/t26-/m1/s1. The Labute approximate surface area is 241 Å². The lowest BCUT2D eigenvalue weighted by Crippen LogP contribution is -2.20. The van der Waals surface area contributed by atoms with Gasteiger partial charge in [0.1, 0.15) is 5.82 Å². The highest BCUT2D eigenvalue weighted by Crippen LogP contribution is 2.33. The summed E-state index contributed by atoms with van der Waals surface area (Å²) < 4.78 is 9.25. The molecule has 1 atom stereocenters. The Morgan fingerprint density at radius 2 is 1.81 bits per heavy atom. The van der Waals surface area contributed by atoms with E-state index in [0.717, 1.165) is 22.3 Å². The van der Waals surface area contributed by atoms with Crippen molar-refractivity contribution in [3.63, 3.8) is 0 Å². The zero-order chi connectivity index (χ0) is 29.2. The minimum atomic E-state index is -0.399. The van der Waals surface area contributed by atoms with Crippen LogP contribution >= 0.6 is 0 Å². The van der Waals surface area contributed by atoms with E-state index < -0.39 is 6.04 Å². The van der Waals surface area contributed by atoms with Crippen molar-refractivity contribution >= 4 is 28.1 Å². The largest absolute Gasteiger partial charge is 0.394 e. The van der Waals surface area contributed by atoms with E-state index >= 15 is 0 Å². The number of fused-ring (bicyclic) bond motifs is 1. The maximum Gasteiger partial charge on any atom is 0.274 e. The number of nitrogens with one attached hydrogen (secondary N) is 2. The average molecular weight is 563 g/mol. The Balaban J connectivity index is 1.39. The van der Waals surface area contributed by atoms with Crippen LogP contribution in [0.5, 0.6) is 0 Å². The van der Waals surface area contributed by atoms with Crippen LogP contribution in [0.25, 0.3) is 33.7 Å². The number of hydrogen-bond acceptors (Lipinski definition) is 9. The van der Waals surface area contributed by atoms with Gasteiger partial charge >= 0.3 is 0 Å². The van der Waals surface area contributed by atoms with Gasteiger partial charge in [0.15, 0.2) is 0 Å². The number of hydrogen-bond donors (Lipinski definition) is 3. The van der Waals surface area contributed by atoms with Crippen LogP contribution in [0.2, 0.25) is 0 Å². The molecule has 4 aromatic heterocycles. The normalized spacial score (nSPS) is 12.1. The van der Waals surface area contributed by atoms with Gasteiger partial charge in [0, 0.05) is 49.0 Å². The quantitative estimate of drug-likeness (QED) is 0.214. The number of nitrogens with zero attached hydrogens (tertiary/aromatic N) is 6. The Morgan fingerprint density at radius 1 is 1.02 bits per heavy atom. The summed E-state index contributed by atoms with van der Waals surface area (Å²) in [6, 6.07) is 20.5. The molecule has 0 radical (unpaired) electrons. The van der Waals surface area contributed by atoms with Crippen LogP contribution in [0.3, 0.4) is 0 Å². The molecular weight excluding hydrogens is 532 g/mol. The topological polar surface area (TPSA) is 136 Å². The Kier molecular flexibility index (Phi) is 7.24. The summed E-state index contributed by atoms with van der Waals surface area (Å²) >= 11 is 0. The molecule has 3 N–H and O–H groups in total. The van der Waals surface area contributed by atoms with Crippen molar-refractivity contribution < 1.29 is 9.63 Å². The SMILES string of the molecule is CC(C)n1c2cc(Nc3cc(N[C@H](CO)c4ccccc4)c(-c4nc(-c5ccncc5)no4)cn3)ccc2c(=O)n1C. The van der Waals surface area contributed by atoms with Crippen LogP contribution in [0, 0.1) is 0 Å². The maximum atomic E-state index is 12.7. The smallest absolute Gasteiger partial charge is 0.274 e. The van der Waals surface area contributed by atoms with E-state index in [0.29, 0.717) is 28.3 Å². The average Bonchev–Trinajstić information content (AvgIpc) is 3.60. The molecule has 0 aliphatic carbocycles. The number of pyridine rings is 2. The van der Waals surface area contributed by atoms with Crippen LogP contribution in [0.1, 0.15) is 31.5 Å². The number of benzene rings is 2. The third-order valence-corrected chi connectivity index (χ3v) is 7.07. The first-order valence-corrected chi connectivity index (χ1v) is 13.6. The van der Waals surface area contributed by atoms with Crippen molar-refractivity contribution in [2.24, 2.45) is 7.05 Å². The highest BCUT2D eigenvalue weighted by atomic mass is 16.5. The second-order valence-electron chi connectivity index (χ2n) is 10.2. The third-order valence-electron chi connectivity index (χ3n) is 7.07. The molecule has 4 heterocycles. The first-order valence-electron chi connectivity index (χ1n) is 13.6. The fraction of sp³-hybridized carbons (Fsp3) is 0.194. The first-order chi connectivity index (χ1) is 20.4.